The molecule has 0 radical (unpaired) electrons. The Bertz CT molecular complexity index is 1190. The van der Waals surface area contributed by atoms with E-state index in [1.807, 2.05) is 6.07 Å². The lowest BCUT2D eigenvalue weighted by Crippen LogP contribution is -2.27. The van der Waals surface area contributed by atoms with E-state index in [-0.39, 0.29) is 0 Å². The third-order valence-electron chi connectivity index (χ3n) is 5.52. The standard InChI is InChI=1S/C27H22O/c1-27(2)24-18-9-8-16-23(24)25(26(28-27)20-12-4-3-5-13-20)22-17-10-14-19-11-6-7-15-21(19)22/h3-18H,1-2H3. The van der Waals surface area contributed by atoms with Gasteiger partial charge in [-0.05, 0) is 35.7 Å². The van der Waals surface area contributed by atoms with Gasteiger partial charge in [0.05, 0.1) is 0 Å². The highest BCUT2D eigenvalue weighted by atomic mass is 16.5. The molecule has 4 aromatic carbocycles. The Hall–Kier alpha value is -3.32. The highest BCUT2D eigenvalue weighted by molar-refractivity contribution is 6.06. The number of benzene rings is 4. The second kappa shape index (κ2) is 6.38. The molecule has 0 amide bonds. The van der Waals surface area contributed by atoms with E-state index in [2.05, 4.69) is 105 Å². The summed E-state index contributed by atoms with van der Waals surface area (Å²) in [6.45, 7) is 4.29. The van der Waals surface area contributed by atoms with Gasteiger partial charge in [0.25, 0.3) is 0 Å². The molecule has 4 aromatic rings. The van der Waals surface area contributed by atoms with Crippen LogP contribution in [0.4, 0.5) is 0 Å². The maximum Gasteiger partial charge on any atom is 0.136 e. The summed E-state index contributed by atoms with van der Waals surface area (Å²) in [5.41, 5.74) is 5.55. The summed E-state index contributed by atoms with van der Waals surface area (Å²) in [6.07, 6.45) is 0. The summed E-state index contributed by atoms with van der Waals surface area (Å²) in [4.78, 5) is 0. The highest BCUT2D eigenvalue weighted by Crippen LogP contribution is 2.47. The van der Waals surface area contributed by atoms with Gasteiger partial charge in [0, 0.05) is 16.7 Å². The number of hydrogen-bond donors (Lipinski definition) is 0. The fraction of sp³-hybridized carbons (Fsp3) is 0.111. The van der Waals surface area contributed by atoms with E-state index in [1.54, 1.807) is 0 Å². The molecule has 0 atom stereocenters. The minimum atomic E-state index is -0.393. The van der Waals surface area contributed by atoms with Gasteiger partial charge in [-0.3, -0.25) is 0 Å². The van der Waals surface area contributed by atoms with Crippen molar-refractivity contribution in [3.63, 3.8) is 0 Å². The average molecular weight is 362 g/mol. The zero-order chi connectivity index (χ0) is 19.1. The van der Waals surface area contributed by atoms with Gasteiger partial charge in [0.1, 0.15) is 11.4 Å². The Morgan fingerprint density at radius 1 is 0.607 bits per heavy atom. The van der Waals surface area contributed by atoms with E-state index in [0.717, 1.165) is 16.9 Å². The lowest BCUT2D eigenvalue weighted by atomic mass is 9.81. The molecular formula is C27H22O. The smallest absolute Gasteiger partial charge is 0.136 e. The van der Waals surface area contributed by atoms with Crippen LogP contribution in [0.5, 0.6) is 0 Å². The normalized spacial score (nSPS) is 15.2. The molecule has 28 heavy (non-hydrogen) atoms. The van der Waals surface area contributed by atoms with E-state index >= 15 is 0 Å². The van der Waals surface area contributed by atoms with Crippen molar-refractivity contribution in [2.24, 2.45) is 0 Å². The van der Waals surface area contributed by atoms with Crippen molar-refractivity contribution in [1.29, 1.82) is 0 Å². The first-order valence-corrected chi connectivity index (χ1v) is 9.72. The van der Waals surface area contributed by atoms with Crippen molar-refractivity contribution >= 4 is 22.1 Å². The molecule has 0 saturated heterocycles. The third-order valence-corrected chi connectivity index (χ3v) is 5.52. The second-order valence-corrected chi connectivity index (χ2v) is 7.75. The monoisotopic (exact) mass is 362 g/mol. The quantitative estimate of drug-likeness (QED) is 0.372. The van der Waals surface area contributed by atoms with Gasteiger partial charge in [-0.25, -0.2) is 0 Å². The maximum absolute atomic E-state index is 6.68. The lowest BCUT2D eigenvalue weighted by Gasteiger charge is -2.37. The van der Waals surface area contributed by atoms with Crippen molar-refractivity contribution in [3.05, 3.63) is 119 Å². The molecule has 1 aliphatic heterocycles. The molecule has 5 rings (SSSR count). The average Bonchev–Trinajstić information content (AvgIpc) is 2.74. The molecule has 1 aliphatic rings. The molecular weight excluding hydrogens is 340 g/mol. The van der Waals surface area contributed by atoms with E-state index < -0.39 is 5.60 Å². The third kappa shape index (κ3) is 2.63. The summed E-state index contributed by atoms with van der Waals surface area (Å²) in [7, 11) is 0. The number of fused-ring (bicyclic) bond motifs is 2. The molecule has 1 nitrogen and oxygen atoms in total. The molecule has 1 heteroatoms. The Kier molecular flexibility index (Phi) is 3.84. The molecule has 0 fully saturated rings. The van der Waals surface area contributed by atoms with Crippen molar-refractivity contribution < 1.29 is 4.74 Å². The molecule has 0 N–H and O–H groups in total. The summed E-state index contributed by atoms with van der Waals surface area (Å²) in [6, 6.07) is 34.1. The zero-order valence-corrected chi connectivity index (χ0v) is 16.1. The van der Waals surface area contributed by atoms with Crippen molar-refractivity contribution in [1.82, 2.24) is 0 Å². The van der Waals surface area contributed by atoms with Crippen molar-refractivity contribution in [3.8, 4) is 0 Å². The minimum absolute atomic E-state index is 0.393. The van der Waals surface area contributed by atoms with Crippen LogP contribution in [0, 0.1) is 0 Å². The SMILES string of the molecule is CC1(C)OC(c2ccccc2)=C(c2cccc3ccccc23)c2ccccc21. The van der Waals surface area contributed by atoms with Crippen LogP contribution in [0.3, 0.4) is 0 Å². The largest absolute Gasteiger partial charge is 0.482 e. The summed E-state index contributed by atoms with van der Waals surface area (Å²) >= 11 is 0. The predicted molar refractivity (Wildman–Crippen MR) is 117 cm³/mol. The Balaban J connectivity index is 1.91. The minimum Gasteiger partial charge on any atom is -0.482 e. The van der Waals surface area contributed by atoms with E-state index in [4.69, 9.17) is 4.74 Å². The van der Waals surface area contributed by atoms with Crippen LogP contribution in [-0.4, -0.2) is 0 Å². The van der Waals surface area contributed by atoms with Gasteiger partial charge in [0.2, 0.25) is 0 Å². The lowest BCUT2D eigenvalue weighted by molar-refractivity contribution is 0.0722. The zero-order valence-electron chi connectivity index (χ0n) is 16.1. The van der Waals surface area contributed by atoms with Crippen molar-refractivity contribution in [2.45, 2.75) is 19.4 Å². The number of hydrogen-bond acceptors (Lipinski definition) is 1. The van der Waals surface area contributed by atoms with Crippen molar-refractivity contribution in [2.75, 3.05) is 0 Å². The molecule has 0 aromatic heterocycles. The van der Waals surface area contributed by atoms with Crippen LogP contribution >= 0.6 is 0 Å². The predicted octanol–water partition coefficient (Wildman–Crippen LogP) is 7.02. The molecule has 1 heterocycles. The first kappa shape index (κ1) is 16.8. The Labute approximate surface area is 165 Å². The van der Waals surface area contributed by atoms with Crippen LogP contribution in [0.25, 0.3) is 22.1 Å². The highest BCUT2D eigenvalue weighted by Gasteiger charge is 2.35. The molecule has 0 unspecified atom stereocenters. The van der Waals surface area contributed by atoms with Crippen LogP contribution in [0.1, 0.15) is 36.1 Å². The maximum atomic E-state index is 6.68. The molecule has 0 aliphatic carbocycles. The molecule has 0 spiro atoms. The molecule has 0 bridgehead atoms. The summed E-state index contributed by atoms with van der Waals surface area (Å²) < 4.78 is 6.68. The van der Waals surface area contributed by atoms with Gasteiger partial charge in [-0.15, -0.1) is 0 Å². The van der Waals surface area contributed by atoms with Gasteiger partial charge >= 0.3 is 0 Å². The number of rotatable bonds is 2. The second-order valence-electron chi connectivity index (χ2n) is 7.75. The Morgan fingerprint density at radius 2 is 1.25 bits per heavy atom. The van der Waals surface area contributed by atoms with Gasteiger partial charge < -0.3 is 4.74 Å². The van der Waals surface area contributed by atoms with Gasteiger partial charge in [-0.2, -0.15) is 0 Å². The van der Waals surface area contributed by atoms with Crippen LogP contribution in [0.15, 0.2) is 97.1 Å². The van der Waals surface area contributed by atoms with Gasteiger partial charge in [0.15, 0.2) is 0 Å². The summed E-state index contributed by atoms with van der Waals surface area (Å²) in [5.74, 6) is 0.945. The van der Waals surface area contributed by atoms with Gasteiger partial charge in [-0.1, -0.05) is 97.1 Å². The van der Waals surface area contributed by atoms with Crippen LogP contribution in [-0.2, 0) is 10.3 Å². The van der Waals surface area contributed by atoms with Crippen LogP contribution < -0.4 is 0 Å². The fourth-order valence-electron chi connectivity index (χ4n) is 4.21. The Morgan fingerprint density at radius 3 is 2.11 bits per heavy atom. The van der Waals surface area contributed by atoms with E-state index in [9.17, 15) is 0 Å². The first-order valence-electron chi connectivity index (χ1n) is 9.72. The first-order chi connectivity index (χ1) is 13.6. The molecule has 136 valence electrons. The molecule has 0 saturated carbocycles. The van der Waals surface area contributed by atoms with E-state index in [1.165, 1.54) is 27.5 Å². The van der Waals surface area contributed by atoms with E-state index in [0.29, 0.717) is 0 Å². The topological polar surface area (TPSA) is 9.23 Å². The van der Waals surface area contributed by atoms with Crippen LogP contribution in [0.2, 0.25) is 0 Å². The summed E-state index contributed by atoms with van der Waals surface area (Å²) in [5, 5.41) is 2.48. The fourth-order valence-corrected chi connectivity index (χ4v) is 4.21. The number of ether oxygens (including phenoxy) is 1.